The second kappa shape index (κ2) is 8.38. The zero-order chi connectivity index (χ0) is 21.7. The molecule has 31 heavy (non-hydrogen) atoms. The molecule has 0 radical (unpaired) electrons. The summed E-state index contributed by atoms with van der Waals surface area (Å²) in [5.74, 6) is 1.73. The zero-order valence-corrected chi connectivity index (χ0v) is 21.6. The fourth-order valence-corrected chi connectivity index (χ4v) is 6.49. The minimum absolute atomic E-state index is 0.245. The molecule has 5 rings (SSSR count). The Morgan fingerprint density at radius 1 is 1.26 bits per heavy atom. The van der Waals surface area contributed by atoms with E-state index in [1.807, 2.05) is 25.2 Å². The molecule has 0 aliphatic carbocycles. The quantitative estimate of drug-likeness (QED) is 0.249. The Labute approximate surface area is 198 Å². The van der Waals surface area contributed by atoms with Gasteiger partial charge < -0.3 is 14.2 Å². The minimum atomic E-state index is 0.245. The van der Waals surface area contributed by atoms with Crippen molar-refractivity contribution in [3.8, 4) is 22.5 Å². The largest absolute Gasteiger partial charge is 0.377 e. The van der Waals surface area contributed by atoms with Crippen LogP contribution < -0.4 is 4.90 Å². The van der Waals surface area contributed by atoms with Crippen LogP contribution in [-0.4, -0.2) is 49.9 Å². The van der Waals surface area contributed by atoms with Crippen LogP contribution in [0.3, 0.4) is 0 Å². The number of nitrogens with zero attached hydrogens (tertiary/aromatic N) is 6. The van der Waals surface area contributed by atoms with Crippen molar-refractivity contribution in [1.82, 2.24) is 24.1 Å². The summed E-state index contributed by atoms with van der Waals surface area (Å²) in [6.07, 6.45) is 0.488. The Morgan fingerprint density at radius 3 is 2.81 bits per heavy atom. The second-order valence-electron chi connectivity index (χ2n) is 7.72. The van der Waals surface area contributed by atoms with E-state index in [0.29, 0.717) is 19.6 Å². The SMILES string of the molecule is Cc1cc(-c2nsc3c(-c4c(C)noc4C)cc(N4CCOC[C@H]4C)nc23)n(PI)n1. The van der Waals surface area contributed by atoms with E-state index >= 15 is 0 Å². The molecular formula is C20H22IN6O2PS. The first kappa shape index (κ1) is 21.2. The predicted octanol–water partition coefficient (Wildman–Crippen LogP) is 5.15. The molecule has 5 heterocycles. The van der Waals surface area contributed by atoms with Crippen LogP contribution in [0.5, 0.6) is 0 Å². The predicted molar refractivity (Wildman–Crippen MR) is 134 cm³/mol. The van der Waals surface area contributed by atoms with Gasteiger partial charge >= 0.3 is 0 Å². The van der Waals surface area contributed by atoms with Crippen molar-refractivity contribution in [3.05, 3.63) is 29.3 Å². The summed E-state index contributed by atoms with van der Waals surface area (Å²) in [7, 11) is 0. The van der Waals surface area contributed by atoms with E-state index in [-0.39, 0.29) is 6.04 Å². The van der Waals surface area contributed by atoms with Gasteiger partial charge in [0.25, 0.3) is 0 Å². The highest BCUT2D eigenvalue weighted by Crippen LogP contribution is 2.42. The number of fused-ring (bicyclic) bond motifs is 1. The van der Waals surface area contributed by atoms with Gasteiger partial charge in [-0.3, -0.25) is 0 Å². The Bertz CT molecular complexity index is 1250. The van der Waals surface area contributed by atoms with Gasteiger partial charge in [0.1, 0.15) is 22.8 Å². The van der Waals surface area contributed by atoms with Crippen LogP contribution in [0, 0.1) is 20.8 Å². The van der Waals surface area contributed by atoms with Gasteiger partial charge in [0.15, 0.2) is 0 Å². The van der Waals surface area contributed by atoms with Gasteiger partial charge in [-0.05, 0) is 73.4 Å². The van der Waals surface area contributed by atoms with Crippen LogP contribution in [0.1, 0.15) is 24.1 Å². The first-order valence-electron chi connectivity index (χ1n) is 9.99. The maximum atomic E-state index is 5.66. The molecule has 4 aromatic rings. The molecule has 0 spiro atoms. The summed E-state index contributed by atoms with van der Waals surface area (Å²) in [6, 6.07) is 4.48. The monoisotopic (exact) mass is 568 g/mol. The number of anilines is 1. The highest BCUT2D eigenvalue weighted by Gasteiger charge is 2.26. The molecule has 8 nitrogen and oxygen atoms in total. The lowest BCUT2D eigenvalue weighted by Gasteiger charge is -2.34. The number of hydrogen-bond donors (Lipinski definition) is 0. The topological polar surface area (TPSA) is 82.1 Å². The van der Waals surface area contributed by atoms with Crippen molar-refractivity contribution in [1.29, 1.82) is 0 Å². The van der Waals surface area contributed by atoms with Crippen LogP contribution in [0.4, 0.5) is 5.82 Å². The maximum absolute atomic E-state index is 5.66. The Morgan fingerprint density at radius 2 is 2.10 bits per heavy atom. The van der Waals surface area contributed by atoms with Crippen LogP contribution in [-0.2, 0) is 4.74 Å². The van der Waals surface area contributed by atoms with E-state index in [9.17, 15) is 0 Å². The Hall–Kier alpha value is -1.62. The number of halogens is 1. The molecule has 1 fully saturated rings. The van der Waals surface area contributed by atoms with Crippen molar-refractivity contribution >= 4 is 56.0 Å². The molecule has 1 unspecified atom stereocenters. The molecule has 0 N–H and O–H groups in total. The average molecular weight is 568 g/mol. The van der Waals surface area contributed by atoms with Crippen molar-refractivity contribution < 1.29 is 9.26 Å². The molecular weight excluding hydrogens is 546 g/mol. The molecule has 4 aromatic heterocycles. The maximum Gasteiger partial charge on any atom is 0.141 e. The molecule has 162 valence electrons. The van der Waals surface area contributed by atoms with Gasteiger partial charge in [0, 0.05) is 17.7 Å². The van der Waals surface area contributed by atoms with E-state index in [1.165, 1.54) is 11.5 Å². The Balaban J connectivity index is 1.79. The third-order valence-corrected chi connectivity index (χ3v) is 8.27. The first-order chi connectivity index (χ1) is 15.0. The smallest absolute Gasteiger partial charge is 0.141 e. The van der Waals surface area contributed by atoms with E-state index in [0.717, 1.165) is 62.2 Å². The number of aryl methyl sites for hydroxylation is 3. The van der Waals surface area contributed by atoms with Crippen LogP contribution in [0.2, 0.25) is 0 Å². The third kappa shape index (κ3) is 3.67. The number of ether oxygens (including phenoxy) is 1. The van der Waals surface area contributed by atoms with Gasteiger partial charge in [-0.2, -0.15) is 9.47 Å². The summed E-state index contributed by atoms with van der Waals surface area (Å²) in [5.41, 5.74) is 6.71. The number of aromatic nitrogens is 5. The van der Waals surface area contributed by atoms with Crippen molar-refractivity contribution in [3.63, 3.8) is 0 Å². The first-order valence-corrected chi connectivity index (χ1v) is 14.8. The molecule has 0 amide bonds. The third-order valence-electron chi connectivity index (χ3n) is 5.53. The number of hydrogen-bond acceptors (Lipinski definition) is 8. The normalized spacial score (nSPS) is 17.5. The minimum Gasteiger partial charge on any atom is -0.377 e. The average Bonchev–Trinajstić information content (AvgIpc) is 3.44. The van der Waals surface area contributed by atoms with Crippen LogP contribution in [0.15, 0.2) is 16.7 Å². The molecule has 1 saturated heterocycles. The number of rotatable bonds is 4. The molecule has 1 aliphatic heterocycles. The van der Waals surface area contributed by atoms with E-state index in [4.69, 9.17) is 18.6 Å². The zero-order valence-electron chi connectivity index (χ0n) is 17.6. The molecule has 0 bridgehead atoms. The highest BCUT2D eigenvalue weighted by molar-refractivity contribution is 14.2. The van der Waals surface area contributed by atoms with E-state index in [1.54, 1.807) is 0 Å². The van der Waals surface area contributed by atoms with Gasteiger partial charge in [0.05, 0.1) is 47.4 Å². The molecule has 11 heteroatoms. The highest BCUT2D eigenvalue weighted by atomic mass is 127. The van der Waals surface area contributed by atoms with Crippen molar-refractivity contribution in [2.75, 3.05) is 24.7 Å². The molecule has 0 saturated carbocycles. The summed E-state index contributed by atoms with van der Waals surface area (Å²) in [4.78, 5) is 7.44. The lowest BCUT2D eigenvalue weighted by Crippen LogP contribution is -2.44. The van der Waals surface area contributed by atoms with Crippen LogP contribution >= 0.6 is 39.9 Å². The van der Waals surface area contributed by atoms with Crippen LogP contribution in [0.25, 0.3) is 32.7 Å². The standard InChI is InChI=1S/C20H22IN6O2PS/c1-10-7-15(27(23-10)30-21)18-19-20(31-25-18)14(17-12(3)24-29-13(17)4)8-16(22-19)26-5-6-28-9-11(26)2/h7-8,11,30H,5-6,9H2,1-4H3/t11-/m1/s1. The fraction of sp³-hybridized carbons (Fsp3) is 0.400. The van der Waals surface area contributed by atoms with Gasteiger partial charge in [-0.15, -0.1) is 0 Å². The van der Waals surface area contributed by atoms with E-state index < -0.39 is 0 Å². The Kier molecular flexibility index (Phi) is 5.74. The number of morpholine rings is 1. The lowest BCUT2D eigenvalue weighted by atomic mass is 10.0. The molecule has 0 aromatic carbocycles. The fourth-order valence-electron chi connectivity index (χ4n) is 4.08. The number of pyridine rings is 1. The summed E-state index contributed by atoms with van der Waals surface area (Å²) < 4.78 is 19.1. The van der Waals surface area contributed by atoms with Gasteiger partial charge in [-0.1, -0.05) is 5.16 Å². The second-order valence-corrected chi connectivity index (χ2v) is 10.5. The lowest BCUT2D eigenvalue weighted by molar-refractivity contribution is 0.0986. The summed E-state index contributed by atoms with van der Waals surface area (Å²) in [5, 5.41) is 8.82. The summed E-state index contributed by atoms with van der Waals surface area (Å²) in [6.45, 7) is 10.3. The van der Waals surface area contributed by atoms with Gasteiger partial charge in [-0.25, -0.2) is 9.44 Å². The van der Waals surface area contributed by atoms with Gasteiger partial charge in [0.2, 0.25) is 0 Å². The van der Waals surface area contributed by atoms with E-state index in [2.05, 4.69) is 56.3 Å². The molecule has 2 atom stereocenters. The van der Waals surface area contributed by atoms with Crippen molar-refractivity contribution in [2.24, 2.45) is 0 Å². The molecule has 1 aliphatic rings. The van der Waals surface area contributed by atoms with Crippen molar-refractivity contribution in [2.45, 2.75) is 33.7 Å². The summed E-state index contributed by atoms with van der Waals surface area (Å²) >= 11 is 3.82.